The lowest BCUT2D eigenvalue weighted by atomic mass is 9.97. The minimum Gasteiger partial charge on any atom is -0.495 e. The van der Waals surface area contributed by atoms with Gasteiger partial charge in [0.05, 0.1) is 12.8 Å². The highest BCUT2D eigenvalue weighted by molar-refractivity contribution is 7.89. The number of rotatable bonds is 8. The number of aromatic nitrogens is 1. The second kappa shape index (κ2) is 10.2. The van der Waals surface area contributed by atoms with Crippen molar-refractivity contribution in [3.05, 3.63) is 65.1 Å². The molecule has 0 bridgehead atoms. The normalized spacial score (nSPS) is 15.5. The predicted octanol–water partition coefficient (Wildman–Crippen LogP) is 4.30. The van der Waals surface area contributed by atoms with E-state index in [1.165, 1.54) is 13.2 Å². The molecule has 4 rings (SSSR count). The third-order valence-electron chi connectivity index (χ3n) is 6.44. The molecular weight excluding hydrogens is 457 g/mol. The number of hydrogen-bond donors (Lipinski definition) is 1. The number of nitrogens with zero attached hydrogens (tertiary/aromatic N) is 2. The fourth-order valence-corrected chi connectivity index (χ4v) is 5.57. The van der Waals surface area contributed by atoms with Crippen molar-refractivity contribution in [1.29, 1.82) is 0 Å². The molecule has 9 heteroatoms. The van der Waals surface area contributed by atoms with Gasteiger partial charge < -0.3 is 9.26 Å². The van der Waals surface area contributed by atoms with Crippen LogP contribution >= 0.6 is 0 Å². The molecule has 1 N–H and O–H groups in total. The van der Waals surface area contributed by atoms with Crippen LogP contribution in [0.3, 0.4) is 0 Å². The molecule has 34 heavy (non-hydrogen) atoms. The highest BCUT2D eigenvalue weighted by Crippen LogP contribution is 2.32. The van der Waals surface area contributed by atoms with Crippen LogP contribution in [0.15, 0.2) is 51.9 Å². The SMILES string of the molecule is COc1ccc(-c2onc(C)c2C)cc1S(=O)(=O)NCC1CCN(Cc2cccc(F)c2)CC1. The molecule has 0 atom stereocenters. The van der Waals surface area contributed by atoms with E-state index in [4.69, 9.17) is 9.26 Å². The van der Waals surface area contributed by atoms with Crippen molar-refractivity contribution in [2.75, 3.05) is 26.7 Å². The fourth-order valence-electron chi connectivity index (χ4n) is 4.26. The van der Waals surface area contributed by atoms with E-state index in [1.54, 1.807) is 30.3 Å². The van der Waals surface area contributed by atoms with Crippen molar-refractivity contribution in [2.45, 2.75) is 38.1 Å². The molecule has 0 amide bonds. The van der Waals surface area contributed by atoms with E-state index in [0.29, 0.717) is 24.4 Å². The van der Waals surface area contributed by atoms with Gasteiger partial charge in [-0.2, -0.15) is 0 Å². The van der Waals surface area contributed by atoms with E-state index in [0.717, 1.165) is 42.8 Å². The van der Waals surface area contributed by atoms with Crippen molar-refractivity contribution in [1.82, 2.24) is 14.8 Å². The summed E-state index contributed by atoms with van der Waals surface area (Å²) < 4.78 is 53.3. The Hall–Kier alpha value is -2.75. The van der Waals surface area contributed by atoms with Gasteiger partial charge in [-0.05, 0) is 81.6 Å². The molecular formula is C25H30FN3O4S. The molecule has 2 heterocycles. The van der Waals surface area contributed by atoms with Crippen molar-refractivity contribution in [3.8, 4) is 17.1 Å². The van der Waals surface area contributed by atoms with Crippen LogP contribution in [0, 0.1) is 25.6 Å². The van der Waals surface area contributed by atoms with Crippen molar-refractivity contribution in [2.24, 2.45) is 5.92 Å². The molecule has 1 aliphatic rings. The topological polar surface area (TPSA) is 84.7 Å². The first-order chi connectivity index (χ1) is 16.3. The molecule has 3 aromatic rings. The van der Waals surface area contributed by atoms with Crippen LogP contribution in [0.4, 0.5) is 4.39 Å². The van der Waals surface area contributed by atoms with Gasteiger partial charge in [-0.25, -0.2) is 17.5 Å². The molecule has 7 nitrogen and oxygen atoms in total. The van der Waals surface area contributed by atoms with Crippen molar-refractivity contribution < 1.29 is 22.1 Å². The summed E-state index contributed by atoms with van der Waals surface area (Å²) >= 11 is 0. The Morgan fingerprint density at radius 2 is 1.94 bits per heavy atom. The van der Waals surface area contributed by atoms with Gasteiger partial charge in [-0.3, -0.25) is 4.90 Å². The van der Waals surface area contributed by atoms with Crippen LogP contribution in [0.5, 0.6) is 5.75 Å². The first-order valence-corrected chi connectivity index (χ1v) is 12.8. The number of aryl methyl sites for hydroxylation is 1. The number of piperidine rings is 1. The first kappa shape index (κ1) is 24.4. The predicted molar refractivity (Wildman–Crippen MR) is 128 cm³/mol. The number of benzene rings is 2. The van der Waals surface area contributed by atoms with Crippen LogP contribution in [0.1, 0.15) is 29.7 Å². The van der Waals surface area contributed by atoms with Gasteiger partial charge in [0, 0.05) is 24.2 Å². The van der Waals surface area contributed by atoms with Gasteiger partial charge in [-0.1, -0.05) is 17.3 Å². The standard InChI is InChI=1S/C25H30FN3O4S/c1-17-18(2)28-33-25(17)21-7-8-23(32-3)24(14-21)34(30,31)27-15-19-9-11-29(12-10-19)16-20-5-4-6-22(26)13-20/h4-8,13-14,19,27H,9-12,15-16H2,1-3H3. The monoisotopic (exact) mass is 487 g/mol. The minimum atomic E-state index is -3.80. The zero-order valence-corrected chi connectivity index (χ0v) is 20.5. The van der Waals surface area contributed by atoms with Gasteiger partial charge in [0.15, 0.2) is 5.76 Å². The second-order valence-corrected chi connectivity index (χ2v) is 10.5. The number of ether oxygens (including phenoxy) is 1. The Labute approximate surface area is 200 Å². The lowest BCUT2D eigenvalue weighted by molar-refractivity contribution is 0.178. The van der Waals surface area contributed by atoms with E-state index >= 15 is 0 Å². The molecule has 0 unspecified atom stereocenters. The third kappa shape index (κ3) is 5.48. The van der Waals surface area contributed by atoms with Crippen LogP contribution < -0.4 is 9.46 Å². The number of nitrogens with one attached hydrogen (secondary N) is 1. The van der Waals surface area contributed by atoms with Crippen LogP contribution in [0.2, 0.25) is 0 Å². The summed E-state index contributed by atoms with van der Waals surface area (Å²) in [6.45, 7) is 6.45. The Morgan fingerprint density at radius 3 is 2.59 bits per heavy atom. The van der Waals surface area contributed by atoms with Gasteiger partial charge in [-0.15, -0.1) is 0 Å². The number of likely N-dealkylation sites (tertiary alicyclic amines) is 1. The summed E-state index contributed by atoms with van der Waals surface area (Å²) in [4.78, 5) is 2.35. The van der Waals surface area contributed by atoms with E-state index in [2.05, 4.69) is 14.8 Å². The first-order valence-electron chi connectivity index (χ1n) is 11.3. The Morgan fingerprint density at radius 1 is 1.18 bits per heavy atom. The molecule has 1 aliphatic heterocycles. The molecule has 0 aliphatic carbocycles. The largest absolute Gasteiger partial charge is 0.495 e. The van der Waals surface area contributed by atoms with Crippen LogP contribution in [-0.2, 0) is 16.6 Å². The molecule has 0 spiro atoms. The van der Waals surface area contributed by atoms with E-state index in [9.17, 15) is 12.8 Å². The lowest BCUT2D eigenvalue weighted by Gasteiger charge is -2.32. The summed E-state index contributed by atoms with van der Waals surface area (Å²) in [5, 5.41) is 3.97. The van der Waals surface area contributed by atoms with Gasteiger partial charge in [0.25, 0.3) is 0 Å². The van der Waals surface area contributed by atoms with E-state index in [-0.39, 0.29) is 22.4 Å². The summed E-state index contributed by atoms with van der Waals surface area (Å²) in [6, 6.07) is 11.6. The molecule has 182 valence electrons. The zero-order valence-electron chi connectivity index (χ0n) is 19.7. The van der Waals surface area contributed by atoms with Crippen LogP contribution in [-0.4, -0.2) is 45.2 Å². The number of hydrogen-bond acceptors (Lipinski definition) is 6. The molecule has 2 aromatic carbocycles. The molecule has 1 fully saturated rings. The highest BCUT2D eigenvalue weighted by atomic mass is 32.2. The number of methoxy groups -OCH3 is 1. The molecule has 0 radical (unpaired) electrons. The average Bonchev–Trinajstić information content (AvgIpc) is 3.16. The average molecular weight is 488 g/mol. The highest BCUT2D eigenvalue weighted by Gasteiger charge is 2.25. The zero-order chi connectivity index (χ0) is 24.3. The molecule has 0 saturated carbocycles. The minimum absolute atomic E-state index is 0.0736. The number of halogens is 1. The summed E-state index contributed by atoms with van der Waals surface area (Å²) in [6.07, 6.45) is 1.73. The van der Waals surface area contributed by atoms with Gasteiger partial charge in [0.1, 0.15) is 16.5 Å². The van der Waals surface area contributed by atoms with Crippen molar-refractivity contribution >= 4 is 10.0 Å². The maximum atomic E-state index is 13.4. The summed E-state index contributed by atoms with van der Waals surface area (Å²) in [7, 11) is -2.35. The fraction of sp³-hybridized carbons (Fsp3) is 0.400. The van der Waals surface area contributed by atoms with E-state index < -0.39 is 10.0 Å². The van der Waals surface area contributed by atoms with Gasteiger partial charge >= 0.3 is 0 Å². The van der Waals surface area contributed by atoms with Gasteiger partial charge in [0.2, 0.25) is 10.0 Å². The van der Waals surface area contributed by atoms with E-state index in [1.807, 2.05) is 19.9 Å². The smallest absolute Gasteiger partial charge is 0.244 e. The molecule has 1 saturated heterocycles. The Kier molecular flexibility index (Phi) is 7.35. The maximum Gasteiger partial charge on any atom is 0.244 e. The second-order valence-electron chi connectivity index (χ2n) is 8.79. The number of sulfonamides is 1. The van der Waals surface area contributed by atoms with Crippen molar-refractivity contribution in [3.63, 3.8) is 0 Å². The maximum absolute atomic E-state index is 13.4. The Bertz CT molecular complexity index is 1250. The lowest BCUT2D eigenvalue weighted by Crippen LogP contribution is -2.38. The molecule has 1 aromatic heterocycles. The Balaban J connectivity index is 1.39. The third-order valence-corrected chi connectivity index (χ3v) is 7.88. The quantitative estimate of drug-likeness (QED) is 0.510. The summed E-state index contributed by atoms with van der Waals surface area (Å²) in [5.41, 5.74) is 3.21. The van der Waals surface area contributed by atoms with Crippen LogP contribution in [0.25, 0.3) is 11.3 Å². The summed E-state index contributed by atoms with van der Waals surface area (Å²) in [5.74, 6) is 0.819.